The van der Waals surface area contributed by atoms with Gasteiger partial charge >= 0.3 is 0 Å². The molecule has 0 saturated heterocycles. The summed E-state index contributed by atoms with van der Waals surface area (Å²) < 4.78 is 16.2. The van der Waals surface area contributed by atoms with Gasteiger partial charge in [0.1, 0.15) is 5.75 Å². The van der Waals surface area contributed by atoms with Crippen molar-refractivity contribution < 1.29 is 28.4 Å². The Balaban J connectivity index is 2.12. The van der Waals surface area contributed by atoms with Crippen LogP contribution in [0.5, 0.6) is 11.6 Å². The van der Waals surface area contributed by atoms with Crippen molar-refractivity contribution in [2.24, 2.45) is 0 Å². The maximum Gasteiger partial charge on any atom is 0.261 e. The number of hydrogen-bond donors (Lipinski definition) is 2. The highest BCUT2D eigenvalue weighted by Gasteiger charge is 2.19. The molecule has 0 spiro atoms. The van der Waals surface area contributed by atoms with Crippen molar-refractivity contribution in [3.8, 4) is 11.6 Å². The molecule has 0 aliphatic rings. The van der Waals surface area contributed by atoms with Crippen LogP contribution in [0.25, 0.3) is 16.5 Å². The number of nitrogens with zero attached hydrogens (tertiary/aromatic N) is 1. The monoisotopic (exact) mass is 484 g/mol. The molecule has 9 heteroatoms. The summed E-state index contributed by atoms with van der Waals surface area (Å²) in [4.78, 5) is 28.6. The molecule has 0 atom stereocenters. The fourth-order valence-electron chi connectivity index (χ4n) is 3.93. The number of aromatic nitrogens is 1. The zero-order valence-electron chi connectivity index (χ0n) is 19.9. The van der Waals surface area contributed by atoms with Crippen LogP contribution in [-0.4, -0.2) is 37.5 Å². The van der Waals surface area contributed by atoms with Crippen molar-refractivity contribution in [3.05, 3.63) is 58.2 Å². The number of carbonyl (C=O) groups is 2. The molecule has 0 saturated carbocycles. The lowest BCUT2D eigenvalue weighted by atomic mass is 9.91. The first-order valence-corrected chi connectivity index (χ1v) is 11.1. The summed E-state index contributed by atoms with van der Waals surface area (Å²) in [6.07, 6.45) is 3.61. The summed E-state index contributed by atoms with van der Waals surface area (Å²) in [7, 11) is 4.47. The predicted octanol–water partition coefficient (Wildman–Crippen LogP) is 4.81. The molecule has 3 rings (SSSR count). The number of nitrogens with one attached hydrogen (secondary N) is 1. The average molecular weight is 485 g/mol. The number of ether oxygens (including phenoxy) is 2. The van der Waals surface area contributed by atoms with Gasteiger partial charge in [-0.1, -0.05) is 6.08 Å². The van der Waals surface area contributed by atoms with Gasteiger partial charge in [0.25, 0.3) is 5.88 Å². The van der Waals surface area contributed by atoms with E-state index in [1.54, 1.807) is 13.2 Å². The van der Waals surface area contributed by atoms with Crippen LogP contribution in [0.1, 0.15) is 51.9 Å². The van der Waals surface area contributed by atoms with Gasteiger partial charge in [-0.25, -0.2) is 5.48 Å². The second-order valence-electron chi connectivity index (χ2n) is 7.78. The van der Waals surface area contributed by atoms with E-state index < -0.39 is 0 Å². The van der Waals surface area contributed by atoms with Crippen molar-refractivity contribution in [1.29, 1.82) is 0 Å². The van der Waals surface area contributed by atoms with Crippen LogP contribution in [0.2, 0.25) is 0 Å². The normalized spacial score (nSPS) is 11.5. The lowest BCUT2D eigenvalue weighted by molar-refractivity contribution is -0.131. The third-order valence-electron chi connectivity index (χ3n) is 5.42. The van der Waals surface area contributed by atoms with Crippen LogP contribution in [0.15, 0.2) is 34.9 Å². The fraction of sp³-hybridized carbons (Fsp3) is 0.320. The number of methoxy groups -OCH3 is 2. The minimum absolute atomic E-state index is 0.188. The van der Waals surface area contributed by atoms with Crippen molar-refractivity contribution in [2.75, 3.05) is 21.3 Å². The van der Waals surface area contributed by atoms with E-state index in [0.29, 0.717) is 42.0 Å². The first-order chi connectivity index (χ1) is 16.3. The Labute approximate surface area is 203 Å². The Kier molecular flexibility index (Phi) is 8.36. The van der Waals surface area contributed by atoms with E-state index in [-0.39, 0.29) is 11.0 Å². The topological polar surface area (TPSA) is 99.9 Å². The van der Waals surface area contributed by atoms with Gasteiger partial charge in [-0.2, -0.15) is 0 Å². The second-order valence-corrected chi connectivity index (χ2v) is 8.19. The average Bonchev–Trinajstić information content (AvgIpc) is 3.22. The highest BCUT2D eigenvalue weighted by atomic mass is 32.1. The largest absolute Gasteiger partial charge is 0.496 e. The molecule has 0 unspecified atom stereocenters. The second kappa shape index (κ2) is 11.2. The van der Waals surface area contributed by atoms with E-state index in [2.05, 4.69) is 34.2 Å². The van der Waals surface area contributed by atoms with E-state index in [4.69, 9.17) is 14.0 Å². The molecule has 0 radical (unpaired) electrons. The summed E-state index contributed by atoms with van der Waals surface area (Å²) in [5.41, 5.74) is 7.67. The van der Waals surface area contributed by atoms with Crippen LogP contribution in [0.3, 0.4) is 0 Å². The third kappa shape index (κ3) is 5.43. The number of benzene rings is 2. The number of fused-ring (bicyclic) bond motifs is 1. The van der Waals surface area contributed by atoms with Gasteiger partial charge in [0, 0.05) is 6.42 Å². The molecule has 1 heterocycles. The minimum atomic E-state index is -0.385. The molecule has 1 aromatic heterocycles. The number of allylic oxidation sites excluding steroid dienone is 1. The number of hydrogen-bond acceptors (Lipinski definition) is 7. The molecule has 2 aromatic carbocycles. The summed E-state index contributed by atoms with van der Waals surface area (Å²) in [6.45, 7) is 3.82. The van der Waals surface area contributed by atoms with Gasteiger partial charge in [-0.05, 0) is 83.9 Å². The first kappa shape index (κ1) is 25.3. The molecule has 34 heavy (non-hydrogen) atoms. The number of rotatable bonds is 10. The molecule has 0 aliphatic carbocycles. The van der Waals surface area contributed by atoms with Crippen LogP contribution < -0.4 is 15.0 Å². The molecular weight excluding hydrogens is 456 g/mol. The van der Waals surface area contributed by atoms with E-state index in [1.165, 1.54) is 14.2 Å². The van der Waals surface area contributed by atoms with Crippen molar-refractivity contribution >= 4 is 40.2 Å². The first-order valence-electron chi connectivity index (χ1n) is 10.7. The Morgan fingerprint density at radius 3 is 2.41 bits per heavy atom. The van der Waals surface area contributed by atoms with E-state index >= 15 is 0 Å². The Hall–Kier alpha value is -3.30. The van der Waals surface area contributed by atoms with E-state index in [9.17, 15) is 9.59 Å². The Morgan fingerprint density at radius 2 is 1.76 bits per heavy atom. The summed E-state index contributed by atoms with van der Waals surface area (Å²) in [6, 6.07) is 7.68. The van der Waals surface area contributed by atoms with Crippen LogP contribution >= 0.6 is 12.6 Å². The molecule has 3 aromatic rings. The zero-order valence-corrected chi connectivity index (χ0v) is 20.7. The van der Waals surface area contributed by atoms with Gasteiger partial charge < -0.3 is 14.0 Å². The van der Waals surface area contributed by atoms with Crippen LogP contribution in [-0.2, 0) is 9.63 Å². The number of aryl methyl sites for hydroxylation is 2. The van der Waals surface area contributed by atoms with Gasteiger partial charge in [0.2, 0.25) is 11.0 Å². The molecular formula is C25H28N2O6S. The highest BCUT2D eigenvalue weighted by molar-refractivity contribution is 7.97. The smallest absolute Gasteiger partial charge is 0.261 e. The zero-order chi connectivity index (χ0) is 24.8. The molecule has 180 valence electrons. The quantitative estimate of drug-likeness (QED) is 0.242. The Morgan fingerprint density at radius 1 is 1.06 bits per heavy atom. The molecule has 0 bridgehead atoms. The van der Waals surface area contributed by atoms with Gasteiger partial charge in [0.15, 0.2) is 5.58 Å². The molecule has 1 N–H and O–H groups in total. The number of carbonyl (C=O) groups excluding carboxylic acids is 2. The van der Waals surface area contributed by atoms with Crippen LogP contribution in [0, 0.1) is 13.8 Å². The van der Waals surface area contributed by atoms with Gasteiger partial charge in [-0.3, -0.25) is 14.4 Å². The van der Waals surface area contributed by atoms with Gasteiger partial charge in [-0.15, -0.1) is 12.6 Å². The lowest BCUT2D eigenvalue weighted by Gasteiger charge is -2.15. The maximum atomic E-state index is 12.2. The fourth-order valence-corrected chi connectivity index (χ4v) is 4.09. The maximum absolute atomic E-state index is 12.2. The summed E-state index contributed by atoms with van der Waals surface area (Å²) in [5, 5.41) is 4.35. The number of thiol groups is 1. The number of amides is 1. The van der Waals surface area contributed by atoms with E-state index in [1.807, 2.05) is 32.0 Å². The third-order valence-corrected chi connectivity index (χ3v) is 5.66. The summed E-state index contributed by atoms with van der Waals surface area (Å²) in [5.74, 6) is 0.700. The molecule has 0 aliphatic heterocycles. The lowest BCUT2D eigenvalue weighted by Crippen LogP contribution is -2.21. The van der Waals surface area contributed by atoms with Crippen molar-refractivity contribution in [2.45, 2.75) is 33.1 Å². The van der Waals surface area contributed by atoms with E-state index in [0.717, 1.165) is 33.2 Å². The summed E-state index contributed by atoms with van der Waals surface area (Å²) >= 11 is 4.04. The van der Waals surface area contributed by atoms with Crippen LogP contribution in [0.4, 0.5) is 0 Å². The predicted molar refractivity (Wildman–Crippen MR) is 132 cm³/mol. The minimum Gasteiger partial charge on any atom is -0.496 e. The number of unbranched alkanes of at least 4 members (excludes halogenated alkanes) is 1. The number of hydroxylamine groups is 1. The molecule has 8 nitrogen and oxygen atoms in total. The molecule has 0 fully saturated rings. The standard InChI is InChI=1S/C25H28N2O6S/c1-14-10-17(13-20(25(29)34)22(14)30-3)18(8-6-7-9-21(28)26-32-5)16-11-15(2)23-19(12-16)24(31-4)27-33-23/h8,10-13H,6-7,9H2,1-5H3,(H,26,28)(H,29,34)/b18-8-. The van der Waals surface area contributed by atoms with Gasteiger partial charge in [0.05, 0.1) is 32.3 Å². The SMILES string of the molecule is CONC(=O)CCC/C=C(\c1cc(C)c(OC)c(C(=O)S)c1)c1cc(C)c2onc(OC)c2c1. The molecule has 1 amide bonds. The highest BCUT2D eigenvalue weighted by Crippen LogP contribution is 2.36. The van der Waals surface area contributed by atoms with Crippen molar-refractivity contribution in [1.82, 2.24) is 10.6 Å². The Bertz CT molecular complexity index is 1250. The van der Waals surface area contributed by atoms with Crippen molar-refractivity contribution in [3.63, 3.8) is 0 Å².